The molecular formula is C18H36N2O. The quantitative estimate of drug-likeness (QED) is 0.661. The van der Waals surface area contributed by atoms with Crippen LogP contribution < -0.4 is 5.32 Å². The second-order valence-electron chi connectivity index (χ2n) is 7.75. The third-order valence-corrected chi connectivity index (χ3v) is 5.27. The Morgan fingerprint density at radius 3 is 2.67 bits per heavy atom. The molecule has 1 saturated heterocycles. The molecule has 0 bridgehead atoms. The fraction of sp³-hybridized carbons (Fsp3) is 1.00. The molecule has 2 fully saturated rings. The largest absolute Gasteiger partial charge is 0.380 e. The SMILES string of the molecule is CCCCOCCN1CC(CC(C)C)NCC1(C)C1CC1. The smallest absolute Gasteiger partial charge is 0.0593 e. The zero-order chi connectivity index (χ0) is 15.3. The van der Waals surface area contributed by atoms with Crippen LogP contribution in [0.4, 0.5) is 0 Å². The van der Waals surface area contributed by atoms with E-state index < -0.39 is 0 Å². The molecule has 2 aliphatic rings. The van der Waals surface area contributed by atoms with E-state index in [2.05, 4.69) is 37.9 Å². The Balaban J connectivity index is 1.84. The first kappa shape index (κ1) is 17.2. The second kappa shape index (κ2) is 7.94. The summed E-state index contributed by atoms with van der Waals surface area (Å²) in [5.74, 6) is 1.68. The van der Waals surface area contributed by atoms with Crippen LogP contribution in [-0.2, 0) is 4.74 Å². The van der Waals surface area contributed by atoms with Gasteiger partial charge in [-0.1, -0.05) is 27.2 Å². The van der Waals surface area contributed by atoms with Gasteiger partial charge >= 0.3 is 0 Å². The average molecular weight is 296 g/mol. The van der Waals surface area contributed by atoms with E-state index in [1.54, 1.807) is 0 Å². The van der Waals surface area contributed by atoms with Crippen molar-refractivity contribution < 1.29 is 4.74 Å². The highest BCUT2D eigenvalue weighted by Crippen LogP contribution is 2.44. The zero-order valence-electron chi connectivity index (χ0n) is 14.7. The van der Waals surface area contributed by atoms with Crippen LogP contribution in [0, 0.1) is 11.8 Å². The van der Waals surface area contributed by atoms with Gasteiger partial charge in [-0.15, -0.1) is 0 Å². The summed E-state index contributed by atoms with van der Waals surface area (Å²) >= 11 is 0. The fourth-order valence-corrected chi connectivity index (χ4v) is 3.71. The lowest BCUT2D eigenvalue weighted by Crippen LogP contribution is -2.65. The van der Waals surface area contributed by atoms with Gasteiger partial charge in [0.05, 0.1) is 6.61 Å². The predicted molar refractivity (Wildman–Crippen MR) is 89.7 cm³/mol. The molecule has 3 nitrogen and oxygen atoms in total. The Labute approximate surface area is 131 Å². The van der Waals surface area contributed by atoms with Crippen LogP contribution in [0.1, 0.15) is 59.8 Å². The first-order chi connectivity index (χ1) is 10.1. The molecule has 0 amide bonds. The Morgan fingerprint density at radius 2 is 2.05 bits per heavy atom. The summed E-state index contributed by atoms with van der Waals surface area (Å²) in [5.41, 5.74) is 0.363. The lowest BCUT2D eigenvalue weighted by molar-refractivity contribution is 0.00390. The first-order valence-corrected chi connectivity index (χ1v) is 9.12. The first-order valence-electron chi connectivity index (χ1n) is 9.12. The number of piperazine rings is 1. The van der Waals surface area contributed by atoms with E-state index in [9.17, 15) is 0 Å². The summed E-state index contributed by atoms with van der Waals surface area (Å²) in [6, 6.07) is 0.660. The summed E-state index contributed by atoms with van der Waals surface area (Å²) in [5, 5.41) is 3.82. The van der Waals surface area contributed by atoms with Gasteiger partial charge in [0, 0.05) is 37.8 Å². The molecule has 0 aromatic heterocycles. The zero-order valence-corrected chi connectivity index (χ0v) is 14.7. The van der Waals surface area contributed by atoms with E-state index in [1.165, 1.54) is 38.6 Å². The van der Waals surface area contributed by atoms with Crippen LogP contribution in [-0.4, -0.2) is 49.3 Å². The molecule has 2 unspecified atom stereocenters. The van der Waals surface area contributed by atoms with Crippen molar-refractivity contribution in [2.24, 2.45) is 11.8 Å². The molecular weight excluding hydrogens is 260 g/mol. The van der Waals surface area contributed by atoms with Crippen LogP contribution in [0.2, 0.25) is 0 Å². The van der Waals surface area contributed by atoms with Crippen molar-refractivity contribution in [2.75, 3.05) is 32.8 Å². The molecule has 0 radical (unpaired) electrons. The van der Waals surface area contributed by atoms with Crippen LogP contribution in [0.25, 0.3) is 0 Å². The standard InChI is InChI=1S/C18H36N2O/c1-5-6-10-21-11-9-20-13-17(12-15(2)3)19-14-18(20,4)16-7-8-16/h15-17,19H,5-14H2,1-4H3. The predicted octanol–water partition coefficient (Wildman–Crippen LogP) is 3.29. The van der Waals surface area contributed by atoms with Crippen molar-refractivity contribution >= 4 is 0 Å². The summed E-state index contributed by atoms with van der Waals surface area (Å²) in [4.78, 5) is 2.74. The number of unbranched alkanes of at least 4 members (excludes halogenated alkanes) is 1. The normalized spacial score (nSPS) is 31.0. The van der Waals surface area contributed by atoms with Crippen molar-refractivity contribution in [3.8, 4) is 0 Å². The Hall–Kier alpha value is -0.120. The maximum absolute atomic E-state index is 5.82. The molecule has 0 spiro atoms. The number of nitrogens with zero attached hydrogens (tertiary/aromatic N) is 1. The van der Waals surface area contributed by atoms with Gasteiger partial charge in [-0.3, -0.25) is 4.90 Å². The van der Waals surface area contributed by atoms with Gasteiger partial charge in [-0.05, 0) is 44.4 Å². The molecule has 2 rings (SSSR count). The molecule has 1 aliphatic carbocycles. The van der Waals surface area contributed by atoms with Crippen LogP contribution in [0.3, 0.4) is 0 Å². The van der Waals surface area contributed by atoms with Gasteiger partial charge in [-0.2, -0.15) is 0 Å². The van der Waals surface area contributed by atoms with Gasteiger partial charge in [-0.25, -0.2) is 0 Å². The minimum atomic E-state index is 0.363. The number of hydrogen-bond donors (Lipinski definition) is 1. The van der Waals surface area contributed by atoms with Crippen molar-refractivity contribution in [1.82, 2.24) is 10.2 Å². The molecule has 1 N–H and O–H groups in total. The van der Waals surface area contributed by atoms with E-state index in [0.717, 1.165) is 38.1 Å². The van der Waals surface area contributed by atoms with Crippen molar-refractivity contribution in [2.45, 2.75) is 71.4 Å². The topological polar surface area (TPSA) is 24.5 Å². The third-order valence-electron chi connectivity index (χ3n) is 5.27. The summed E-state index contributed by atoms with van der Waals surface area (Å²) in [6.45, 7) is 14.6. The molecule has 0 aromatic carbocycles. The molecule has 1 aliphatic heterocycles. The minimum Gasteiger partial charge on any atom is -0.380 e. The summed E-state index contributed by atoms with van der Waals surface area (Å²) in [6.07, 6.45) is 6.54. The highest BCUT2D eigenvalue weighted by Gasteiger charge is 2.47. The highest BCUT2D eigenvalue weighted by atomic mass is 16.5. The minimum absolute atomic E-state index is 0.363. The van der Waals surface area contributed by atoms with Gasteiger partial charge in [0.2, 0.25) is 0 Å². The Morgan fingerprint density at radius 1 is 1.29 bits per heavy atom. The second-order valence-corrected chi connectivity index (χ2v) is 7.75. The summed E-state index contributed by atoms with van der Waals surface area (Å²) < 4.78 is 5.82. The molecule has 0 aromatic rings. The molecule has 1 heterocycles. The average Bonchev–Trinajstić information content (AvgIpc) is 3.26. The third kappa shape index (κ3) is 4.94. The molecule has 1 saturated carbocycles. The maximum Gasteiger partial charge on any atom is 0.0593 e. The van der Waals surface area contributed by atoms with Crippen LogP contribution in [0.5, 0.6) is 0 Å². The van der Waals surface area contributed by atoms with E-state index in [4.69, 9.17) is 4.74 Å². The van der Waals surface area contributed by atoms with Gasteiger partial charge in [0.1, 0.15) is 0 Å². The van der Waals surface area contributed by atoms with E-state index in [1.807, 2.05) is 0 Å². The van der Waals surface area contributed by atoms with Crippen molar-refractivity contribution in [3.63, 3.8) is 0 Å². The van der Waals surface area contributed by atoms with Gasteiger partial charge in [0.25, 0.3) is 0 Å². The van der Waals surface area contributed by atoms with Crippen molar-refractivity contribution in [3.05, 3.63) is 0 Å². The Kier molecular flexibility index (Phi) is 6.51. The molecule has 124 valence electrons. The molecule has 3 heteroatoms. The summed E-state index contributed by atoms with van der Waals surface area (Å²) in [7, 11) is 0. The number of nitrogens with one attached hydrogen (secondary N) is 1. The van der Waals surface area contributed by atoms with Crippen LogP contribution >= 0.6 is 0 Å². The van der Waals surface area contributed by atoms with Crippen molar-refractivity contribution in [1.29, 1.82) is 0 Å². The Bertz CT molecular complexity index is 304. The maximum atomic E-state index is 5.82. The van der Waals surface area contributed by atoms with Gasteiger partial charge in [0.15, 0.2) is 0 Å². The van der Waals surface area contributed by atoms with E-state index in [0.29, 0.717) is 11.6 Å². The lowest BCUT2D eigenvalue weighted by Gasteiger charge is -2.49. The molecule has 21 heavy (non-hydrogen) atoms. The van der Waals surface area contributed by atoms with E-state index >= 15 is 0 Å². The monoisotopic (exact) mass is 296 g/mol. The van der Waals surface area contributed by atoms with E-state index in [-0.39, 0.29) is 0 Å². The highest BCUT2D eigenvalue weighted by molar-refractivity contribution is 5.04. The lowest BCUT2D eigenvalue weighted by atomic mass is 9.88. The fourth-order valence-electron chi connectivity index (χ4n) is 3.71. The number of hydrogen-bond acceptors (Lipinski definition) is 3. The number of ether oxygens (including phenoxy) is 1. The molecule has 2 atom stereocenters. The number of rotatable bonds is 9. The van der Waals surface area contributed by atoms with Gasteiger partial charge < -0.3 is 10.1 Å². The van der Waals surface area contributed by atoms with Crippen LogP contribution in [0.15, 0.2) is 0 Å².